The Labute approximate surface area is 234 Å². The van der Waals surface area contributed by atoms with E-state index in [2.05, 4.69) is 35.9 Å². The molecule has 4 aromatic rings. The summed E-state index contributed by atoms with van der Waals surface area (Å²) in [6, 6.07) is 4.41. The number of thiophene rings is 1. The molecule has 4 rings (SSSR count). The summed E-state index contributed by atoms with van der Waals surface area (Å²) in [7, 11) is 0. The van der Waals surface area contributed by atoms with Crippen LogP contribution in [0.3, 0.4) is 0 Å². The molecule has 0 unspecified atom stereocenters. The fourth-order valence-electron chi connectivity index (χ4n) is 4.98. The summed E-state index contributed by atoms with van der Waals surface area (Å²) in [5.41, 5.74) is 2.22. The highest BCUT2D eigenvalue weighted by Crippen LogP contribution is 2.45. The summed E-state index contributed by atoms with van der Waals surface area (Å²) < 4.78 is 0. The summed E-state index contributed by atoms with van der Waals surface area (Å²) in [5.74, 6) is 0. The summed E-state index contributed by atoms with van der Waals surface area (Å²) in [6.07, 6.45) is 20.3. The van der Waals surface area contributed by atoms with Gasteiger partial charge >= 0.3 is 0 Å². The van der Waals surface area contributed by atoms with Gasteiger partial charge in [0, 0.05) is 45.1 Å². The van der Waals surface area contributed by atoms with Crippen molar-refractivity contribution in [3.63, 3.8) is 0 Å². The van der Waals surface area contributed by atoms with Crippen molar-refractivity contribution >= 4 is 44.8 Å². The Morgan fingerprint density at radius 1 is 0.622 bits per heavy atom. The van der Waals surface area contributed by atoms with Crippen molar-refractivity contribution in [3.05, 3.63) is 56.6 Å². The van der Waals surface area contributed by atoms with Gasteiger partial charge in [-0.25, -0.2) is 9.97 Å². The standard InChI is InChI=1S/C31H40N2OS3/c1-3-5-7-9-11-13-15-23-21-25-26(22-24(27(23)34)16-14-12-10-8-6-4-2)29(31-33-18-20-36-31)37-28(25)30-32-17-19-35-30/h17-22H,3-16H2,1-2H3. The van der Waals surface area contributed by atoms with Gasteiger partial charge in [-0.1, -0.05) is 78.1 Å². The van der Waals surface area contributed by atoms with E-state index in [1.165, 1.54) is 74.0 Å². The van der Waals surface area contributed by atoms with Crippen LogP contribution < -0.4 is 5.43 Å². The number of nitrogens with zero attached hydrogens (tertiary/aromatic N) is 2. The van der Waals surface area contributed by atoms with E-state index in [1.807, 2.05) is 23.2 Å². The van der Waals surface area contributed by atoms with Crippen molar-refractivity contribution < 1.29 is 0 Å². The average molecular weight is 553 g/mol. The third kappa shape index (κ3) is 7.58. The summed E-state index contributed by atoms with van der Waals surface area (Å²) in [5, 5.41) is 8.45. The fourth-order valence-corrected chi connectivity index (χ4v) is 7.74. The first-order valence-corrected chi connectivity index (χ1v) is 16.7. The molecule has 3 heterocycles. The van der Waals surface area contributed by atoms with Crippen molar-refractivity contribution in [3.8, 4) is 19.8 Å². The lowest BCUT2D eigenvalue weighted by Crippen LogP contribution is -2.11. The molecule has 0 atom stereocenters. The average Bonchev–Trinajstić information content (AvgIpc) is 3.67. The molecule has 0 saturated heterocycles. The van der Waals surface area contributed by atoms with E-state index in [0.29, 0.717) is 0 Å². The molecule has 0 aliphatic rings. The Kier molecular flexibility index (Phi) is 11.3. The van der Waals surface area contributed by atoms with Crippen LogP contribution in [0, 0.1) is 0 Å². The third-order valence-electron chi connectivity index (χ3n) is 7.06. The topological polar surface area (TPSA) is 42.9 Å². The molecular formula is C31H40N2OS3. The molecule has 0 aliphatic carbocycles. The van der Waals surface area contributed by atoms with Crippen LogP contribution in [0.5, 0.6) is 0 Å². The van der Waals surface area contributed by atoms with E-state index < -0.39 is 0 Å². The number of rotatable bonds is 16. The lowest BCUT2D eigenvalue weighted by molar-refractivity contribution is 0.604. The van der Waals surface area contributed by atoms with Crippen LogP contribution in [0.2, 0.25) is 0 Å². The molecule has 0 saturated carbocycles. The van der Waals surface area contributed by atoms with Crippen LogP contribution in [-0.2, 0) is 12.8 Å². The molecule has 0 bridgehead atoms. The SMILES string of the molecule is CCCCCCCCc1cc2c(-c3nccs3)sc(-c3nccs3)c2cc(CCCCCCCC)c1=O. The zero-order valence-corrected chi connectivity index (χ0v) is 24.8. The molecule has 0 spiro atoms. The maximum Gasteiger partial charge on any atom is 0.185 e. The molecule has 198 valence electrons. The quantitative estimate of drug-likeness (QED) is 0.130. The molecule has 0 fully saturated rings. The molecular weight excluding hydrogens is 513 g/mol. The number of aryl methyl sites for hydroxylation is 2. The zero-order valence-electron chi connectivity index (χ0n) is 22.4. The third-order valence-corrected chi connectivity index (χ3v) is 10.1. The number of aromatic nitrogens is 2. The highest BCUT2D eigenvalue weighted by molar-refractivity contribution is 7.27. The lowest BCUT2D eigenvalue weighted by Gasteiger charge is -2.03. The van der Waals surface area contributed by atoms with E-state index in [-0.39, 0.29) is 5.43 Å². The molecule has 3 nitrogen and oxygen atoms in total. The van der Waals surface area contributed by atoms with Crippen LogP contribution >= 0.6 is 34.0 Å². The number of thiazole rings is 2. The van der Waals surface area contributed by atoms with Crippen molar-refractivity contribution in [2.45, 2.75) is 104 Å². The molecule has 37 heavy (non-hydrogen) atoms. The van der Waals surface area contributed by atoms with Gasteiger partial charge < -0.3 is 0 Å². The smallest absolute Gasteiger partial charge is 0.185 e. The number of hydrogen-bond donors (Lipinski definition) is 0. The van der Waals surface area contributed by atoms with Crippen molar-refractivity contribution in [2.24, 2.45) is 0 Å². The maximum absolute atomic E-state index is 13.9. The highest BCUT2D eigenvalue weighted by Gasteiger charge is 2.19. The zero-order chi connectivity index (χ0) is 25.9. The highest BCUT2D eigenvalue weighted by atomic mass is 32.1. The van der Waals surface area contributed by atoms with Gasteiger partial charge in [-0.15, -0.1) is 34.0 Å². The summed E-state index contributed by atoms with van der Waals surface area (Å²) in [4.78, 5) is 25.5. The molecule has 0 aliphatic heterocycles. The molecule has 0 amide bonds. The van der Waals surface area contributed by atoms with Gasteiger partial charge in [0.15, 0.2) is 5.43 Å². The number of fused-ring (bicyclic) bond motifs is 1. The first-order chi connectivity index (χ1) is 18.2. The first-order valence-electron chi connectivity index (χ1n) is 14.1. The van der Waals surface area contributed by atoms with Gasteiger partial charge in [0.1, 0.15) is 10.0 Å². The first kappa shape index (κ1) is 28.1. The monoisotopic (exact) mass is 552 g/mol. The Morgan fingerprint density at radius 2 is 1.05 bits per heavy atom. The minimum Gasteiger partial charge on any atom is -0.289 e. The second-order valence-corrected chi connectivity index (χ2v) is 12.8. The van der Waals surface area contributed by atoms with E-state index in [0.717, 1.165) is 57.6 Å². The molecule has 0 N–H and O–H groups in total. The van der Waals surface area contributed by atoms with Crippen molar-refractivity contribution in [2.75, 3.05) is 0 Å². The van der Waals surface area contributed by atoms with E-state index in [1.54, 1.807) is 34.0 Å². The molecule has 1 aromatic carbocycles. The van der Waals surface area contributed by atoms with E-state index in [4.69, 9.17) is 0 Å². The van der Waals surface area contributed by atoms with Gasteiger partial charge in [0.05, 0.1) is 9.75 Å². The molecule has 0 radical (unpaired) electrons. The predicted octanol–water partition coefficient (Wildman–Crippen LogP) is 10.3. The summed E-state index contributed by atoms with van der Waals surface area (Å²) >= 11 is 5.11. The number of hydrogen-bond acceptors (Lipinski definition) is 6. The van der Waals surface area contributed by atoms with Gasteiger partial charge in [-0.3, -0.25) is 4.79 Å². The van der Waals surface area contributed by atoms with Crippen LogP contribution in [0.4, 0.5) is 0 Å². The van der Waals surface area contributed by atoms with Crippen LogP contribution in [0.25, 0.3) is 30.5 Å². The molecule has 6 heteroatoms. The van der Waals surface area contributed by atoms with Crippen LogP contribution in [-0.4, -0.2) is 9.97 Å². The van der Waals surface area contributed by atoms with Crippen LogP contribution in [0.15, 0.2) is 40.1 Å². The lowest BCUT2D eigenvalue weighted by atomic mass is 10.0. The number of unbranched alkanes of at least 4 members (excludes halogenated alkanes) is 10. The second-order valence-electron chi connectivity index (χ2n) is 9.97. The normalized spacial score (nSPS) is 11.5. The van der Waals surface area contributed by atoms with E-state index >= 15 is 0 Å². The second kappa shape index (κ2) is 14.9. The Bertz CT molecular complexity index is 1180. The predicted molar refractivity (Wildman–Crippen MR) is 164 cm³/mol. The Balaban J connectivity index is 1.72. The fraction of sp³-hybridized carbons (Fsp3) is 0.516. The minimum absolute atomic E-state index is 0.262. The van der Waals surface area contributed by atoms with Gasteiger partial charge in [0.25, 0.3) is 0 Å². The minimum atomic E-state index is 0.262. The van der Waals surface area contributed by atoms with E-state index in [9.17, 15) is 4.79 Å². The maximum atomic E-state index is 13.9. The van der Waals surface area contributed by atoms with Gasteiger partial charge in [-0.05, 0) is 37.8 Å². The van der Waals surface area contributed by atoms with Gasteiger partial charge in [0.2, 0.25) is 0 Å². The Morgan fingerprint density at radius 3 is 1.46 bits per heavy atom. The molecule has 3 aromatic heterocycles. The van der Waals surface area contributed by atoms with Gasteiger partial charge in [-0.2, -0.15) is 0 Å². The Hall–Kier alpha value is -1.89. The summed E-state index contributed by atoms with van der Waals surface area (Å²) in [6.45, 7) is 4.51. The largest absolute Gasteiger partial charge is 0.289 e. The van der Waals surface area contributed by atoms with Crippen molar-refractivity contribution in [1.82, 2.24) is 9.97 Å². The van der Waals surface area contributed by atoms with Crippen LogP contribution in [0.1, 0.15) is 102 Å². The van der Waals surface area contributed by atoms with Crippen molar-refractivity contribution in [1.29, 1.82) is 0 Å².